The van der Waals surface area contributed by atoms with E-state index in [0.717, 1.165) is 4.47 Å². The third kappa shape index (κ3) is 3.40. The molecule has 0 spiro atoms. The van der Waals surface area contributed by atoms with Crippen LogP contribution in [0.4, 0.5) is 0 Å². The minimum absolute atomic E-state index is 0.00593. The highest BCUT2D eigenvalue weighted by atomic mass is 79.9. The van der Waals surface area contributed by atoms with Gasteiger partial charge in [0.15, 0.2) is 0 Å². The van der Waals surface area contributed by atoms with Crippen LogP contribution < -0.4 is 5.73 Å². The van der Waals surface area contributed by atoms with Crippen LogP contribution in [0.1, 0.15) is 25.5 Å². The molecule has 4 unspecified atom stereocenters. The van der Waals surface area contributed by atoms with E-state index in [4.69, 9.17) is 10.5 Å². The number of rotatable bonds is 4. The lowest BCUT2D eigenvalue weighted by molar-refractivity contribution is -0.0942. The van der Waals surface area contributed by atoms with Crippen molar-refractivity contribution in [2.45, 2.75) is 38.1 Å². The Morgan fingerprint density at radius 3 is 2.80 bits per heavy atom. The lowest BCUT2D eigenvalue weighted by Crippen LogP contribution is -2.54. The zero-order valence-electron chi connectivity index (χ0n) is 12.0. The van der Waals surface area contributed by atoms with E-state index >= 15 is 0 Å². The Kier molecular flexibility index (Phi) is 5.57. The molecule has 3 N–H and O–H groups in total. The number of morpholine rings is 1. The van der Waals surface area contributed by atoms with Crippen molar-refractivity contribution in [3.8, 4) is 0 Å². The Bertz CT molecular complexity index is 442. The average Bonchev–Trinajstić information content (AvgIpc) is 2.43. The number of hydrogen-bond donors (Lipinski definition) is 2. The summed E-state index contributed by atoms with van der Waals surface area (Å²) in [5, 5.41) is 9.35. The fourth-order valence-electron chi connectivity index (χ4n) is 2.82. The summed E-state index contributed by atoms with van der Waals surface area (Å²) in [6.07, 6.45) is -0.130. The highest BCUT2D eigenvalue weighted by Gasteiger charge is 2.34. The van der Waals surface area contributed by atoms with Crippen LogP contribution in [0, 0.1) is 0 Å². The van der Waals surface area contributed by atoms with Crippen molar-refractivity contribution >= 4 is 15.9 Å². The molecule has 0 saturated carbocycles. The molecule has 1 aliphatic heterocycles. The molecule has 1 fully saturated rings. The van der Waals surface area contributed by atoms with Crippen molar-refractivity contribution in [1.29, 1.82) is 0 Å². The van der Waals surface area contributed by atoms with E-state index in [-0.39, 0.29) is 30.8 Å². The maximum atomic E-state index is 9.35. The number of hydrogen-bond acceptors (Lipinski definition) is 4. The van der Waals surface area contributed by atoms with Crippen LogP contribution >= 0.6 is 15.9 Å². The maximum absolute atomic E-state index is 9.35. The van der Waals surface area contributed by atoms with Gasteiger partial charge in [-0.2, -0.15) is 0 Å². The lowest BCUT2D eigenvalue weighted by atomic mass is 9.96. The van der Waals surface area contributed by atoms with E-state index < -0.39 is 0 Å². The Labute approximate surface area is 129 Å². The highest BCUT2D eigenvalue weighted by molar-refractivity contribution is 9.10. The van der Waals surface area contributed by atoms with Gasteiger partial charge in [0.1, 0.15) is 0 Å². The van der Waals surface area contributed by atoms with Gasteiger partial charge in [-0.15, -0.1) is 0 Å². The predicted molar refractivity (Wildman–Crippen MR) is 83.5 cm³/mol. The Balaban J connectivity index is 2.30. The third-order valence-electron chi connectivity index (χ3n) is 3.84. The molecule has 4 atom stereocenters. The summed E-state index contributed by atoms with van der Waals surface area (Å²) in [4.78, 5) is 2.34. The molecule has 1 saturated heterocycles. The Hall–Kier alpha value is -0.460. The number of halogens is 1. The predicted octanol–water partition coefficient (Wildman–Crippen LogP) is 1.92. The first-order valence-electron chi connectivity index (χ1n) is 7.02. The molecule has 0 radical (unpaired) electrons. The second kappa shape index (κ2) is 7.00. The Morgan fingerprint density at radius 2 is 2.20 bits per heavy atom. The second-order valence-corrected chi connectivity index (χ2v) is 6.36. The van der Waals surface area contributed by atoms with E-state index in [1.165, 1.54) is 5.56 Å². The van der Waals surface area contributed by atoms with Crippen LogP contribution in [0.2, 0.25) is 0 Å². The van der Waals surface area contributed by atoms with Crippen molar-refractivity contribution < 1.29 is 9.84 Å². The largest absolute Gasteiger partial charge is 0.394 e. The van der Waals surface area contributed by atoms with Crippen LogP contribution in [0.5, 0.6) is 0 Å². The number of aliphatic hydroxyl groups excluding tert-OH is 1. The number of benzene rings is 1. The molecular formula is C15H23BrN2O2. The molecule has 4 nitrogen and oxygen atoms in total. The minimum atomic E-state index is -0.130. The molecular weight excluding hydrogens is 320 g/mol. The fraction of sp³-hybridized carbons (Fsp3) is 0.600. The standard InChI is InChI=1S/C15H23BrN2O2/c1-10-9-20-12(8-19)7-18(10)15(11(2)17)13-5-3-4-6-14(13)16/h3-6,10-12,15,19H,7-9,17H2,1-2H3. The summed E-state index contributed by atoms with van der Waals surface area (Å²) in [6, 6.07) is 8.57. The molecule has 0 bridgehead atoms. The van der Waals surface area contributed by atoms with Gasteiger partial charge in [0.05, 0.1) is 25.4 Å². The molecule has 1 heterocycles. The molecule has 5 heteroatoms. The first kappa shape index (κ1) is 15.9. The van der Waals surface area contributed by atoms with E-state index in [1.54, 1.807) is 0 Å². The molecule has 2 rings (SSSR count). The van der Waals surface area contributed by atoms with Crippen molar-refractivity contribution in [2.24, 2.45) is 5.73 Å². The summed E-state index contributed by atoms with van der Waals surface area (Å²) in [6.45, 7) is 5.54. The molecule has 0 aliphatic carbocycles. The lowest BCUT2D eigenvalue weighted by Gasteiger charge is -2.44. The van der Waals surface area contributed by atoms with Gasteiger partial charge >= 0.3 is 0 Å². The highest BCUT2D eigenvalue weighted by Crippen LogP contribution is 2.32. The Morgan fingerprint density at radius 1 is 1.50 bits per heavy atom. The average molecular weight is 343 g/mol. The quantitative estimate of drug-likeness (QED) is 0.877. The van der Waals surface area contributed by atoms with Gasteiger partial charge in [-0.25, -0.2) is 0 Å². The molecule has 0 amide bonds. The number of nitrogens with zero attached hydrogens (tertiary/aromatic N) is 1. The summed E-state index contributed by atoms with van der Waals surface area (Å²) in [5.41, 5.74) is 7.44. The van der Waals surface area contributed by atoms with Crippen LogP contribution in [0.3, 0.4) is 0 Å². The van der Waals surface area contributed by atoms with Crippen LogP contribution in [-0.4, -0.2) is 48.0 Å². The summed E-state index contributed by atoms with van der Waals surface area (Å²) >= 11 is 3.62. The van der Waals surface area contributed by atoms with Crippen molar-refractivity contribution in [1.82, 2.24) is 4.90 Å². The minimum Gasteiger partial charge on any atom is -0.394 e. The smallest absolute Gasteiger partial charge is 0.0933 e. The van der Waals surface area contributed by atoms with Crippen LogP contribution in [-0.2, 0) is 4.74 Å². The van der Waals surface area contributed by atoms with Gasteiger partial charge in [-0.1, -0.05) is 34.1 Å². The SMILES string of the molecule is CC(N)C(c1ccccc1Br)N1CC(CO)OCC1C. The van der Waals surface area contributed by atoms with Gasteiger partial charge < -0.3 is 15.6 Å². The molecule has 1 aromatic rings. The maximum Gasteiger partial charge on any atom is 0.0933 e. The van der Waals surface area contributed by atoms with Crippen LogP contribution in [0.15, 0.2) is 28.7 Å². The molecule has 112 valence electrons. The second-order valence-electron chi connectivity index (χ2n) is 5.51. The zero-order valence-corrected chi connectivity index (χ0v) is 13.6. The molecule has 0 aromatic heterocycles. The normalized spacial score (nSPS) is 27.2. The number of ether oxygens (including phenoxy) is 1. The van der Waals surface area contributed by atoms with Gasteiger partial charge in [0, 0.05) is 23.1 Å². The summed E-state index contributed by atoms with van der Waals surface area (Å²) in [5.74, 6) is 0. The van der Waals surface area contributed by atoms with E-state index in [0.29, 0.717) is 13.2 Å². The van der Waals surface area contributed by atoms with Crippen LogP contribution in [0.25, 0.3) is 0 Å². The van der Waals surface area contributed by atoms with E-state index in [1.807, 2.05) is 25.1 Å². The van der Waals surface area contributed by atoms with Crippen molar-refractivity contribution in [3.63, 3.8) is 0 Å². The summed E-state index contributed by atoms with van der Waals surface area (Å²) < 4.78 is 6.69. The molecule has 1 aliphatic rings. The first-order valence-corrected chi connectivity index (χ1v) is 7.82. The van der Waals surface area contributed by atoms with Crippen molar-refractivity contribution in [2.75, 3.05) is 19.8 Å². The number of nitrogens with two attached hydrogens (primary N) is 1. The van der Waals surface area contributed by atoms with Gasteiger partial charge in [0.2, 0.25) is 0 Å². The topological polar surface area (TPSA) is 58.7 Å². The number of aliphatic hydroxyl groups is 1. The molecule has 20 heavy (non-hydrogen) atoms. The summed E-state index contributed by atoms with van der Waals surface area (Å²) in [7, 11) is 0. The molecule has 1 aromatic carbocycles. The van der Waals surface area contributed by atoms with Gasteiger partial charge in [0.25, 0.3) is 0 Å². The fourth-order valence-corrected chi connectivity index (χ4v) is 3.34. The van der Waals surface area contributed by atoms with Crippen molar-refractivity contribution in [3.05, 3.63) is 34.3 Å². The van der Waals surface area contributed by atoms with Gasteiger partial charge in [-0.3, -0.25) is 4.90 Å². The van der Waals surface area contributed by atoms with Gasteiger partial charge in [-0.05, 0) is 25.5 Å². The van der Waals surface area contributed by atoms with E-state index in [2.05, 4.69) is 33.8 Å². The third-order valence-corrected chi connectivity index (χ3v) is 4.56. The van der Waals surface area contributed by atoms with E-state index in [9.17, 15) is 5.11 Å². The monoisotopic (exact) mass is 342 g/mol. The first-order chi connectivity index (χ1) is 9.54. The zero-order chi connectivity index (χ0) is 14.7.